The number of nitrogens with zero attached hydrogens (tertiary/aromatic N) is 1. The molecule has 2 N–H and O–H groups in total. The second-order valence-electron chi connectivity index (χ2n) is 3.03. The van der Waals surface area contributed by atoms with Crippen LogP contribution in [-0.2, 0) is 9.53 Å². The van der Waals surface area contributed by atoms with E-state index in [4.69, 9.17) is 5.73 Å². The van der Waals surface area contributed by atoms with Crippen LogP contribution in [-0.4, -0.2) is 24.0 Å². The molecule has 5 heteroatoms. The Morgan fingerprint density at radius 1 is 1.56 bits per heavy atom. The number of primary amides is 1. The summed E-state index contributed by atoms with van der Waals surface area (Å²) < 4.78 is 4.61. The third-order valence-corrected chi connectivity index (χ3v) is 1.87. The number of hydrogen-bond donors (Lipinski definition) is 1. The van der Waals surface area contributed by atoms with Gasteiger partial charge in [0.25, 0.3) is 0 Å². The minimum Gasteiger partial charge on any atom is -0.465 e. The van der Waals surface area contributed by atoms with E-state index in [-0.39, 0.29) is 6.42 Å². The Kier molecular flexibility index (Phi) is 4.20. The van der Waals surface area contributed by atoms with Crippen LogP contribution in [0.5, 0.6) is 0 Å². The number of aromatic nitrogens is 1. The number of carbonyl (C=O) groups is 2. The van der Waals surface area contributed by atoms with Gasteiger partial charge in [0.2, 0.25) is 5.91 Å². The van der Waals surface area contributed by atoms with Gasteiger partial charge in [-0.05, 0) is 6.07 Å². The van der Waals surface area contributed by atoms with E-state index in [0.717, 1.165) is 0 Å². The molecule has 0 unspecified atom stereocenters. The van der Waals surface area contributed by atoms with Crippen molar-refractivity contribution < 1.29 is 14.3 Å². The van der Waals surface area contributed by atoms with E-state index in [9.17, 15) is 9.59 Å². The monoisotopic (exact) mass is 220 g/mol. The normalized spacial score (nSPS) is 10.3. The molecule has 1 aromatic rings. The molecule has 16 heavy (non-hydrogen) atoms. The van der Waals surface area contributed by atoms with Gasteiger partial charge in [0.05, 0.1) is 12.7 Å². The number of esters is 1. The zero-order valence-electron chi connectivity index (χ0n) is 8.84. The molecule has 5 nitrogen and oxygen atoms in total. The number of hydrogen-bond acceptors (Lipinski definition) is 4. The summed E-state index contributed by atoms with van der Waals surface area (Å²) in [4.78, 5) is 25.8. The third-order valence-electron chi connectivity index (χ3n) is 1.87. The van der Waals surface area contributed by atoms with E-state index in [1.54, 1.807) is 18.2 Å². The quantitative estimate of drug-likeness (QED) is 0.759. The number of amides is 1. The van der Waals surface area contributed by atoms with Crippen molar-refractivity contribution in [3.05, 3.63) is 35.7 Å². The molecule has 84 valence electrons. The van der Waals surface area contributed by atoms with E-state index >= 15 is 0 Å². The maximum atomic E-state index is 11.4. The lowest BCUT2D eigenvalue weighted by Crippen LogP contribution is -2.08. The molecule has 1 rings (SSSR count). The number of ether oxygens (including phenoxy) is 1. The number of carbonyl (C=O) groups excluding carboxylic acids is 2. The van der Waals surface area contributed by atoms with Gasteiger partial charge in [-0.2, -0.15) is 0 Å². The standard InChI is InChI=1S/C11H12N2O3/c1-16-11(15)9-5-6-13-7-8(9)3-2-4-10(12)14/h2-3,5-7H,4H2,1H3,(H2,12,14). The van der Waals surface area contributed by atoms with Gasteiger partial charge in [-0.3, -0.25) is 9.78 Å². The molecular formula is C11H12N2O3. The summed E-state index contributed by atoms with van der Waals surface area (Å²) in [5.74, 6) is -0.874. The van der Waals surface area contributed by atoms with Crippen molar-refractivity contribution >= 4 is 18.0 Å². The average Bonchev–Trinajstić information content (AvgIpc) is 2.28. The molecule has 1 amide bonds. The SMILES string of the molecule is COC(=O)c1ccncc1C=CCC(N)=O. The molecule has 0 saturated carbocycles. The van der Waals surface area contributed by atoms with E-state index in [1.807, 2.05) is 0 Å². The molecule has 1 heterocycles. The van der Waals surface area contributed by atoms with Crippen LogP contribution in [0.15, 0.2) is 24.5 Å². The highest BCUT2D eigenvalue weighted by atomic mass is 16.5. The molecule has 0 aliphatic carbocycles. The number of rotatable bonds is 4. The molecule has 0 bridgehead atoms. The average molecular weight is 220 g/mol. The minimum absolute atomic E-state index is 0.121. The van der Waals surface area contributed by atoms with Crippen LogP contribution in [0.4, 0.5) is 0 Å². The van der Waals surface area contributed by atoms with Gasteiger partial charge in [0.15, 0.2) is 0 Å². The van der Waals surface area contributed by atoms with Gasteiger partial charge in [0.1, 0.15) is 0 Å². The van der Waals surface area contributed by atoms with Crippen LogP contribution in [0.2, 0.25) is 0 Å². The lowest BCUT2D eigenvalue weighted by molar-refractivity contribution is -0.117. The van der Waals surface area contributed by atoms with E-state index in [0.29, 0.717) is 11.1 Å². The summed E-state index contributed by atoms with van der Waals surface area (Å²) >= 11 is 0. The lowest BCUT2D eigenvalue weighted by Gasteiger charge is -2.02. The summed E-state index contributed by atoms with van der Waals surface area (Å²) in [7, 11) is 1.31. The Morgan fingerprint density at radius 3 is 2.94 bits per heavy atom. The summed E-state index contributed by atoms with van der Waals surface area (Å²) in [6.45, 7) is 0. The first-order valence-electron chi connectivity index (χ1n) is 4.62. The highest BCUT2D eigenvalue weighted by Gasteiger charge is 2.08. The minimum atomic E-state index is -0.443. The third kappa shape index (κ3) is 3.20. The number of pyridine rings is 1. The van der Waals surface area contributed by atoms with E-state index < -0.39 is 11.9 Å². The fourth-order valence-corrected chi connectivity index (χ4v) is 1.14. The molecular weight excluding hydrogens is 208 g/mol. The summed E-state index contributed by atoms with van der Waals surface area (Å²) in [5, 5.41) is 0. The second-order valence-corrected chi connectivity index (χ2v) is 3.03. The Hall–Kier alpha value is -2.17. The van der Waals surface area contributed by atoms with Crippen LogP contribution in [0.3, 0.4) is 0 Å². The first-order chi connectivity index (χ1) is 7.65. The van der Waals surface area contributed by atoms with Crippen molar-refractivity contribution in [2.75, 3.05) is 7.11 Å². The van der Waals surface area contributed by atoms with Gasteiger partial charge in [-0.15, -0.1) is 0 Å². The maximum absolute atomic E-state index is 11.4. The van der Waals surface area contributed by atoms with Crippen molar-refractivity contribution in [1.82, 2.24) is 4.98 Å². The Morgan fingerprint density at radius 2 is 2.31 bits per heavy atom. The summed E-state index contributed by atoms with van der Waals surface area (Å²) in [6.07, 6.45) is 6.33. The van der Waals surface area contributed by atoms with Crippen molar-refractivity contribution in [3.8, 4) is 0 Å². The van der Waals surface area contributed by atoms with Crippen LogP contribution in [0.25, 0.3) is 6.08 Å². The maximum Gasteiger partial charge on any atom is 0.338 e. The van der Waals surface area contributed by atoms with Crippen LogP contribution >= 0.6 is 0 Å². The van der Waals surface area contributed by atoms with Gasteiger partial charge in [0, 0.05) is 24.4 Å². The van der Waals surface area contributed by atoms with Crippen molar-refractivity contribution in [2.45, 2.75) is 6.42 Å². The Bertz CT molecular complexity index is 427. The molecule has 0 radical (unpaired) electrons. The van der Waals surface area contributed by atoms with Crippen molar-refractivity contribution in [3.63, 3.8) is 0 Å². The molecule has 0 aliphatic rings. The fourth-order valence-electron chi connectivity index (χ4n) is 1.14. The zero-order chi connectivity index (χ0) is 12.0. The molecule has 0 atom stereocenters. The lowest BCUT2D eigenvalue weighted by atomic mass is 10.1. The largest absolute Gasteiger partial charge is 0.465 e. The predicted octanol–water partition coefficient (Wildman–Crippen LogP) is 0.757. The fraction of sp³-hybridized carbons (Fsp3) is 0.182. The highest BCUT2D eigenvalue weighted by Crippen LogP contribution is 2.10. The molecule has 0 aromatic carbocycles. The smallest absolute Gasteiger partial charge is 0.338 e. The second kappa shape index (κ2) is 5.65. The number of nitrogens with two attached hydrogens (primary N) is 1. The number of methoxy groups -OCH3 is 1. The topological polar surface area (TPSA) is 82.3 Å². The predicted molar refractivity (Wildman–Crippen MR) is 58.4 cm³/mol. The molecule has 1 aromatic heterocycles. The molecule has 0 aliphatic heterocycles. The van der Waals surface area contributed by atoms with Crippen LogP contribution in [0.1, 0.15) is 22.3 Å². The Balaban J connectivity index is 2.91. The molecule has 0 saturated heterocycles. The van der Waals surface area contributed by atoms with Crippen molar-refractivity contribution in [2.24, 2.45) is 5.73 Å². The van der Waals surface area contributed by atoms with Crippen LogP contribution < -0.4 is 5.73 Å². The van der Waals surface area contributed by atoms with Gasteiger partial charge in [-0.1, -0.05) is 12.2 Å². The van der Waals surface area contributed by atoms with Crippen molar-refractivity contribution in [1.29, 1.82) is 0 Å². The van der Waals surface area contributed by atoms with E-state index in [1.165, 1.54) is 19.5 Å². The zero-order valence-corrected chi connectivity index (χ0v) is 8.84. The molecule has 0 fully saturated rings. The highest BCUT2D eigenvalue weighted by molar-refractivity contribution is 5.93. The van der Waals surface area contributed by atoms with Gasteiger partial charge < -0.3 is 10.5 Å². The first kappa shape index (κ1) is 11.9. The summed E-state index contributed by atoms with van der Waals surface area (Å²) in [6, 6.07) is 1.55. The van der Waals surface area contributed by atoms with Gasteiger partial charge in [-0.25, -0.2) is 4.79 Å². The summed E-state index contributed by atoms with van der Waals surface area (Å²) in [5.41, 5.74) is 5.98. The van der Waals surface area contributed by atoms with Crippen LogP contribution in [0, 0.1) is 0 Å². The molecule has 0 spiro atoms. The van der Waals surface area contributed by atoms with Gasteiger partial charge >= 0.3 is 5.97 Å². The van der Waals surface area contributed by atoms with E-state index in [2.05, 4.69) is 9.72 Å². The Labute approximate surface area is 92.9 Å². The first-order valence-corrected chi connectivity index (χ1v) is 4.62.